The molecular formula is C32H36N4O9S. The van der Waals surface area contributed by atoms with Gasteiger partial charge in [0, 0.05) is 40.2 Å². The van der Waals surface area contributed by atoms with Gasteiger partial charge < -0.3 is 29.7 Å². The second kappa shape index (κ2) is 14.9. The summed E-state index contributed by atoms with van der Waals surface area (Å²) in [7, 11) is -1.66. The third-order valence-electron chi connectivity index (χ3n) is 7.22. The van der Waals surface area contributed by atoms with Crippen LogP contribution in [0.5, 0.6) is 5.75 Å². The number of aryl methyl sites for hydroxylation is 1. The first-order chi connectivity index (χ1) is 21.9. The highest BCUT2D eigenvalue weighted by atomic mass is 32.2. The fraction of sp³-hybridized carbons (Fsp3) is 0.312. The summed E-state index contributed by atoms with van der Waals surface area (Å²) in [5, 5.41) is 13.3. The number of aliphatic carboxylic acids is 1. The number of carbonyl (C=O) groups excluding carboxylic acids is 3. The Kier molecular flexibility index (Phi) is 11.0. The van der Waals surface area contributed by atoms with Gasteiger partial charge in [0.05, 0.1) is 4.90 Å². The summed E-state index contributed by atoms with van der Waals surface area (Å²) in [6, 6.07) is 17.5. The number of ether oxygens (including phenoxy) is 2. The maximum absolute atomic E-state index is 14.1. The zero-order valence-electron chi connectivity index (χ0n) is 25.7. The quantitative estimate of drug-likeness (QED) is 0.333. The molecule has 0 saturated carbocycles. The van der Waals surface area contributed by atoms with E-state index in [1.54, 1.807) is 43.3 Å². The summed E-state index contributed by atoms with van der Waals surface area (Å²) in [6.45, 7) is 1.85. The van der Waals surface area contributed by atoms with Crippen molar-refractivity contribution in [3.05, 3.63) is 95.6 Å². The Bertz CT molecular complexity index is 1650. The van der Waals surface area contributed by atoms with Crippen molar-refractivity contribution in [1.29, 1.82) is 0 Å². The van der Waals surface area contributed by atoms with Gasteiger partial charge in [-0.1, -0.05) is 60.2 Å². The van der Waals surface area contributed by atoms with Gasteiger partial charge in [0.2, 0.25) is 0 Å². The molecule has 0 aromatic heterocycles. The molecule has 1 fully saturated rings. The number of sulfonamides is 1. The van der Waals surface area contributed by atoms with Gasteiger partial charge in [0.25, 0.3) is 15.9 Å². The van der Waals surface area contributed by atoms with Crippen LogP contribution in [0.25, 0.3) is 0 Å². The van der Waals surface area contributed by atoms with Crippen LogP contribution < -0.4 is 10.1 Å². The van der Waals surface area contributed by atoms with Crippen LogP contribution in [0.2, 0.25) is 0 Å². The predicted octanol–water partition coefficient (Wildman–Crippen LogP) is 2.88. The van der Waals surface area contributed by atoms with E-state index in [1.807, 2.05) is 6.07 Å². The highest BCUT2D eigenvalue weighted by Gasteiger charge is 2.44. The van der Waals surface area contributed by atoms with E-state index in [0.717, 1.165) is 11.1 Å². The average Bonchev–Trinajstić information content (AvgIpc) is 3.04. The van der Waals surface area contributed by atoms with Crippen molar-refractivity contribution < 1.29 is 42.2 Å². The zero-order chi connectivity index (χ0) is 33.4. The van der Waals surface area contributed by atoms with Crippen molar-refractivity contribution in [2.24, 2.45) is 0 Å². The van der Waals surface area contributed by atoms with Crippen molar-refractivity contribution >= 4 is 34.1 Å². The Morgan fingerprint density at radius 1 is 0.957 bits per heavy atom. The van der Waals surface area contributed by atoms with Crippen molar-refractivity contribution in [1.82, 2.24) is 19.4 Å². The van der Waals surface area contributed by atoms with Gasteiger partial charge in [-0.2, -0.15) is 0 Å². The van der Waals surface area contributed by atoms with E-state index in [-0.39, 0.29) is 43.3 Å². The molecule has 3 aromatic rings. The number of benzene rings is 3. The van der Waals surface area contributed by atoms with Gasteiger partial charge in [-0.25, -0.2) is 27.1 Å². The predicted molar refractivity (Wildman–Crippen MR) is 166 cm³/mol. The van der Waals surface area contributed by atoms with E-state index < -0.39 is 46.2 Å². The number of nitrogens with zero attached hydrogens (tertiary/aromatic N) is 3. The normalized spacial score (nSPS) is 15.4. The lowest BCUT2D eigenvalue weighted by atomic mass is 10.0. The van der Waals surface area contributed by atoms with Gasteiger partial charge in [-0.05, 0) is 42.3 Å². The Balaban J connectivity index is 1.61. The topological polar surface area (TPSA) is 163 Å². The molecule has 0 spiro atoms. The minimum absolute atomic E-state index is 0.00433. The van der Waals surface area contributed by atoms with Crippen molar-refractivity contribution in [2.45, 2.75) is 36.9 Å². The second-order valence-corrected chi connectivity index (χ2v) is 12.7. The highest BCUT2D eigenvalue weighted by Crippen LogP contribution is 2.24. The Morgan fingerprint density at radius 2 is 1.61 bits per heavy atom. The monoisotopic (exact) mass is 652 g/mol. The lowest BCUT2D eigenvalue weighted by molar-refractivity contribution is -0.147. The molecule has 2 N–H and O–H groups in total. The molecule has 46 heavy (non-hydrogen) atoms. The second-order valence-electron chi connectivity index (χ2n) is 10.9. The Labute approximate surface area is 267 Å². The zero-order valence-corrected chi connectivity index (χ0v) is 26.5. The maximum Gasteiger partial charge on any atom is 0.414 e. The summed E-state index contributed by atoms with van der Waals surface area (Å²) in [5.41, 5.74) is 1.90. The first-order valence-corrected chi connectivity index (χ1v) is 15.9. The van der Waals surface area contributed by atoms with Crippen molar-refractivity contribution in [3.63, 3.8) is 0 Å². The number of piperazine rings is 1. The average molecular weight is 653 g/mol. The first-order valence-electron chi connectivity index (χ1n) is 14.4. The molecule has 4 rings (SSSR count). The van der Waals surface area contributed by atoms with Crippen LogP contribution in [0.15, 0.2) is 83.8 Å². The molecule has 13 nitrogen and oxygen atoms in total. The van der Waals surface area contributed by atoms with Gasteiger partial charge in [-0.15, -0.1) is 0 Å². The SMILES string of the molecule is Cc1ccc(S(=O)(=O)N(C(=O)C2CN(C(=O)OCc3ccccc3)CCN2)[C@@H](Cc2ccc(OC(=O)N(C)C)cc2)C(=O)O)cc1. The number of carbonyl (C=O) groups is 4. The number of amides is 3. The van der Waals surface area contributed by atoms with E-state index >= 15 is 0 Å². The summed E-state index contributed by atoms with van der Waals surface area (Å²) < 4.78 is 39.0. The Morgan fingerprint density at radius 3 is 2.22 bits per heavy atom. The van der Waals surface area contributed by atoms with Crippen LogP contribution in [-0.4, -0.2) is 97.5 Å². The van der Waals surface area contributed by atoms with E-state index in [9.17, 15) is 32.7 Å². The van der Waals surface area contributed by atoms with Gasteiger partial charge in [0.15, 0.2) is 0 Å². The molecule has 1 aliphatic heterocycles. The van der Waals surface area contributed by atoms with Crippen LogP contribution in [0.3, 0.4) is 0 Å². The van der Waals surface area contributed by atoms with Crippen molar-refractivity contribution in [3.8, 4) is 5.75 Å². The molecule has 14 heteroatoms. The van der Waals surface area contributed by atoms with E-state index in [4.69, 9.17) is 9.47 Å². The summed E-state index contributed by atoms with van der Waals surface area (Å²) in [6.07, 6.45) is -1.69. The van der Waals surface area contributed by atoms with Crippen LogP contribution >= 0.6 is 0 Å². The first kappa shape index (κ1) is 33.9. The number of nitrogens with one attached hydrogen (secondary N) is 1. The standard InChI is InChI=1S/C32H36N4O9S/c1-22-9-15-26(16-10-22)46(42,43)36(28(30(38)39)19-23-11-13-25(14-12-23)45-31(40)34(2)3)29(37)27-20-35(18-17-33-27)32(41)44-21-24-7-5-4-6-8-24/h4-16,27-28,33H,17-21H2,1-3H3,(H,38,39)/t27?,28-/m0/s1. The molecule has 1 unspecified atom stereocenters. The molecule has 0 bridgehead atoms. The van der Waals surface area contributed by atoms with E-state index in [2.05, 4.69) is 5.32 Å². The number of rotatable bonds is 10. The molecule has 0 aliphatic carbocycles. The van der Waals surface area contributed by atoms with Crippen LogP contribution in [0.4, 0.5) is 9.59 Å². The third kappa shape index (κ3) is 8.40. The molecule has 3 aromatic carbocycles. The Hall–Kier alpha value is -4.95. The molecular weight excluding hydrogens is 616 g/mol. The number of hydrogen-bond donors (Lipinski definition) is 2. The molecule has 2 atom stereocenters. The lowest BCUT2D eigenvalue weighted by Crippen LogP contribution is -2.62. The van der Waals surface area contributed by atoms with Crippen LogP contribution in [0, 0.1) is 6.92 Å². The van der Waals surface area contributed by atoms with Gasteiger partial charge in [0.1, 0.15) is 24.4 Å². The number of carboxylic acid groups (broad SMARTS) is 1. The molecule has 1 saturated heterocycles. The summed E-state index contributed by atoms with van der Waals surface area (Å²) in [5.74, 6) is -2.40. The summed E-state index contributed by atoms with van der Waals surface area (Å²) in [4.78, 5) is 53.8. The smallest absolute Gasteiger partial charge is 0.414 e. The van der Waals surface area contributed by atoms with E-state index in [1.165, 1.54) is 60.3 Å². The number of carboxylic acids is 1. The molecule has 1 heterocycles. The van der Waals surface area contributed by atoms with E-state index in [0.29, 0.717) is 9.87 Å². The molecule has 1 aliphatic rings. The maximum atomic E-state index is 14.1. The van der Waals surface area contributed by atoms with Crippen molar-refractivity contribution in [2.75, 3.05) is 33.7 Å². The van der Waals surface area contributed by atoms with Gasteiger partial charge >= 0.3 is 18.2 Å². The summed E-state index contributed by atoms with van der Waals surface area (Å²) >= 11 is 0. The van der Waals surface area contributed by atoms with Crippen LogP contribution in [-0.2, 0) is 37.4 Å². The largest absolute Gasteiger partial charge is 0.480 e. The third-order valence-corrected chi connectivity index (χ3v) is 9.04. The highest BCUT2D eigenvalue weighted by molar-refractivity contribution is 7.89. The minimum Gasteiger partial charge on any atom is -0.480 e. The van der Waals surface area contributed by atoms with Crippen LogP contribution in [0.1, 0.15) is 16.7 Å². The fourth-order valence-electron chi connectivity index (χ4n) is 4.69. The number of hydrogen-bond acceptors (Lipinski definition) is 9. The fourth-order valence-corrected chi connectivity index (χ4v) is 6.26. The molecule has 0 radical (unpaired) electrons. The lowest BCUT2D eigenvalue weighted by Gasteiger charge is -2.36. The van der Waals surface area contributed by atoms with Gasteiger partial charge in [-0.3, -0.25) is 4.79 Å². The minimum atomic E-state index is -4.69. The molecule has 244 valence electrons. The molecule has 3 amide bonds.